The van der Waals surface area contributed by atoms with Gasteiger partial charge >= 0.3 is 0 Å². The predicted octanol–water partition coefficient (Wildman–Crippen LogP) is 3.13. The summed E-state index contributed by atoms with van der Waals surface area (Å²) in [6.07, 6.45) is 0. The van der Waals surface area contributed by atoms with Crippen LogP contribution in [0.1, 0.15) is 21.7 Å². The lowest BCUT2D eigenvalue weighted by Crippen LogP contribution is -2.37. The number of aryl methyl sites for hydroxylation is 1. The molecule has 7 heteroatoms. The number of amides is 2. The van der Waals surface area contributed by atoms with Crippen molar-refractivity contribution in [1.29, 1.82) is 0 Å². The van der Waals surface area contributed by atoms with Gasteiger partial charge in [-0.25, -0.2) is 0 Å². The van der Waals surface area contributed by atoms with Gasteiger partial charge in [-0.05, 0) is 40.5 Å². The average Bonchev–Trinajstić information content (AvgIpc) is 3.00. The van der Waals surface area contributed by atoms with Crippen molar-refractivity contribution in [2.24, 2.45) is 0 Å². The molecule has 0 aliphatic rings. The van der Waals surface area contributed by atoms with Gasteiger partial charge in [-0.2, -0.15) is 11.8 Å². The van der Waals surface area contributed by atoms with E-state index in [1.54, 1.807) is 23.9 Å². The van der Waals surface area contributed by atoms with Crippen LogP contribution in [0.5, 0.6) is 0 Å². The molecule has 128 valence electrons. The molecule has 0 spiro atoms. The van der Waals surface area contributed by atoms with Gasteiger partial charge in [0.2, 0.25) is 5.91 Å². The zero-order valence-electron chi connectivity index (χ0n) is 13.3. The van der Waals surface area contributed by atoms with Crippen molar-refractivity contribution in [2.75, 3.05) is 18.8 Å². The number of halogens is 1. The molecule has 0 radical (unpaired) electrons. The Morgan fingerprint density at radius 3 is 2.54 bits per heavy atom. The van der Waals surface area contributed by atoms with E-state index in [1.165, 1.54) is 11.1 Å². The molecule has 1 heterocycles. The van der Waals surface area contributed by atoms with Gasteiger partial charge in [-0.3, -0.25) is 9.59 Å². The van der Waals surface area contributed by atoms with Crippen molar-refractivity contribution in [3.05, 3.63) is 58.0 Å². The third kappa shape index (κ3) is 6.41. The minimum absolute atomic E-state index is 0.0697. The molecule has 1 aromatic carbocycles. The fraction of sp³-hybridized carbons (Fsp3) is 0.294. The second kappa shape index (κ2) is 9.54. The highest BCUT2D eigenvalue weighted by Crippen LogP contribution is 2.13. The van der Waals surface area contributed by atoms with Crippen LogP contribution in [-0.4, -0.2) is 30.7 Å². The highest BCUT2D eigenvalue weighted by Gasteiger charge is 2.11. The molecule has 5 nitrogen and oxygen atoms in total. The predicted molar refractivity (Wildman–Crippen MR) is 99.1 cm³/mol. The summed E-state index contributed by atoms with van der Waals surface area (Å²) in [4.78, 5) is 23.4. The van der Waals surface area contributed by atoms with Crippen molar-refractivity contribution in [2.45, 2.75) is 12.7 Å². The molecule has 0 aliphatic heterocycles. The lowest BCUT2D eigenvalue weighted by molar-refractivity contribution is -0.120. The standard InChI is InChI=1S/C17H19BrN2O3S/c1-12-2-4-13(5-3-12)11-24-9-8-19-16(21)10-20-17(22)14-6-7-15(18)23-14/h2-7H,8-11H2,1H3,(H,19,21)(H,20,22). The molecule has 2 amide bonds. The molecule has 0 aliphatic carbocycles. The fourth-order valence-corrected chi connectivity index (χ4v) is 3.01. The van der Waals surface area contributed by atoms with Gasteiger partial charge in [0.1, 0.15) is 0 Å². The lowest BCUT2D eigenvalue weighted by atomic mass is 10.2. The third-order valence-corrected chi connectivity index (χ3v) is 4.62. The van der Waals surface area contributed by atoms with Crippen LogP contribution in [0, 0.1) is 6.92 Å². The first kappa shape index (κ1) is 18.6. The van der Waals surface area contributed by atoms with Crippen LogP contribution in [-0.2, 0) is 10.5 Å². The SMILES string of the molecule is Cc1ccc(CSCCNC(=O)CNC(=O)c2ccc(Br)o2)cc1. The Bertz CT molecular complexity index is 685. The van der Waals surface area contributed by atoms with Gasteiger partial charge in [0.15, 0.2) is 10.4 Å². The van der Waals surface area contributed by atoms with Crippen LogP contribution in [0.2, 0.25) is 0 Å². The van der Waals surface area contributed by atoms with Gasteiger partial charge in [-0.1, -0.05) is 29.8 Å². The zero-order chi connectivity index (χ0) is 17.4. The van der Waals surface area contributed by atoms with E-state index in [4.69, 9.17) is 4.42 Å². The molecule has 0 atom stereocenters. The summed E-state index contributed by atoms with van der Waals surface area (Å²) in [5.74, 6) is 1.27. The molecule has 0 unspecified atom stereocenters. The number of furan rings is 1. The monoisotopic (exact) mass is 410 g/mol. The normalized spacial score (nSPS) is 10.4. The number of rotatable bonds is 8. The van der Waals surface area contributed by atoms with Crippen LogP contribution in [0.25, 0.3) is 0 Å². The van der Waals surface area contributed by atoms with Crippen LogP contribution in [0.3, 0.4) is 0 Å². The second-order valence-electron chi connectivity index (χ2n) is 5.17. The molecule has 0 bridgehead atoms. The van der Waals surface area contributed by atoms with Gasteiger partial charge in [-0.15, -0.1) is 0 Å². The Balaban J connectivity index is 1.56. The first-order chi connectivity index (χ1) is 11.5. The average molecular weight is 411 g/mol. The van der Waals surface area contributed by atoms with Crippen LogP contribution in [0.15, 0.2) is 45.5 Å². The molecular formula is C17H19BrN2O3S. The molecular weight excluding hydrogens is 392 g/mol. The maximum Gasteiger partial charge on any atom is 0.287 e. The molecule has 0 saturated heterocycles. The highest BCUT2D eigenvalue weighted by molar-refractivity contribution is 9.10. The van der Waals surface area contributed by atoms with Crippen LogP contribution < -0.4 is 10.6 Å². The number of benzene rings is 1. The molecule has 2 N–H and O–H groups in total. The van der Waals surface area contributed by atoms with E-state index in [-0.39, 0.29) is 18.2 Å². The van der Waals surface area contributed by atoms with E-state index >= 15 is 0 Å². The number of hydrogen-bond donors (Lipinski definition) is 2. The third-order valence-electron chi connectivity index (χ3n) is 3.16. The van der Waals surface area contributed by atoms with E-state index < -0.39 is 5.91 Å². The molecule has 0 fully saturated rings. The van der Waals surface area contributed by atoms with E-state index in [1.807, 2.05) is 0 Å². The first-order valence-corrected chi connectivity index (χ1v) is 9.43. The smallest absolute Gasteiger partial charge is 0.287 e. The quantitative estimate of drug-likeness (QED) is 0.655. The molecule has 24 heavy (non-hydrogen) atoms. The van der Waals surface area contributed by atoms with Gasteiger partial charge in [0.05, 0.1) is 6.54 Å². The van der Waals surface area contributed by atoms with E-state index in [2.05, 4.69) is 57.8 Å². The summed E-state index contributed by atoms with van der Waals surface area (Å²) in [6, 6.07) is 11.6. The maximum atomic E-state index is 11.7. The summed E-state index contributed by atoms with van der Waals surface area (Å²) >= 11 is 4.88. The molecule has 2 aromatic rings. The number of nitrogens with one attached hydrogen (secondary N) is 2. The summed E-state index contributed by atoms with van der Waals surface area (Å²) in [5.41, 5.74) is 2.52. The summed E-state index contributed by atoms with van der Waals surface area (Å²) in [6.45, 7) is 2.56. The Kier molecular flexibility index (Phi) is 7.39. The van der Waals surface area contributed by atoms with Crippen molar-refractivity contribution in [3.8, 4) is 0 Å². The largest absolute Gasteiger partial charge is 0.444 e. The maximum absolute atomic E-state index is 11.7. The molecule has 0 saturated carbocycles. The fourth-order valence-electron chi connectivity index (χ4n) is 1.88. The van der Waals surface area contributed by atoms with E-state index in [9.17, 15) is 9.59 Å². The zero-order valence-corrected chi connectivity index (χ0v) is 15.7. The van der Waals surface area contributed by atoms with Gasteiger partial charge in [0.25, 0.3) is 5.91 Å². The van der Waals surface area contributed by atoms with Crippen LogP contribution >= 0.6 is 27.7 Å². The molecule has 1 aromatic heterocycles. The Morgan fingerprint density at radius 1 is 1.12 bits per heavy atom. The second-order valence-corrected chi connectivity index (χ2v) is 7.06. The van der Waals surface area contributed by atoms with E-state index in [0.29, 0.717) is 11.2 Å². The Labute approximate surface area is 153 Å². The number of thioether (sulfide) groups is 1. The number of carbonyl (C=O) groups is 2. The van der Waals surface area contributed by atoms with Crippen molar-refractivity contribution in [3.63, 3.8) is 0 Å². The highest BCUT2D eigenvalue weighted by atomic mass is 79.9. The minimum atomic E-state index is -0.412. The minimum Gasteiger partial charge on any atom is -0.444 e. The van der Waals surface area contributed by atoms with Crippen molar-refractivity contribution >= 4 is 39.5 Å². The summed E-state index contributed by atoms with van der Waals surface area (Å²) in [5, 5.41) is 5.29. The Hall–Kier alpha value is -1.73. The van der Waals surface area contributed by atoms with Gasteiger partial charge in [0, 0.05) is 18.1 Å². The topological polar surface area (TPSA) is 71.3 Å². The number of carbonyl (C=O) groups excluding carboxylic acids is 2. The lowest BCUT2D eigenvalue weighted by Gasteiger charge is -2.06. The summed E-state index contributed by atoms with van der Waals surface area (Å²) in [7, 11) is 0. The molecule has 2 rings (SSSR count). The Morgan fingerprint density at radius 2 is 1.88 bits per heavy atom. The van der Waals surface area contributed by atoms with Crippen LogP contribution in [0.4, 0.5) is 0 Å². The van der Waals surface area contributed by atoms with Crippen molar-refractivity contribution < 1.29 is 14.0 Å². The van der Waals surface area contributed by atoms with E-state index in [0.717, 1.165) is 11.5 Å². The summed E-state index contributed by atoms with van der Waals surface area (Å²) < 4.78 is 5.58. The number of hydrogen-bond acceptors (Lipinski definition) is 4. The van der Waals surface area contributed by atoms with Gasteiger partial charge < -0.3 is 15.1 Å². The van der Waals surface area contributed by atoms with Crippen molar-refractivity contribution in [1.82, 2.24) is 10.6 Å². The first-order valence-electron chi connectivity index (χ1n) is 7.48.